The molecule has 10 heteroatoms. The first-order chi connectivity index (χ1) is 24.8. The molecule has 2 heterocycles. The first-order valence-corrected chi connectivity index (χ1v) is 18.0. The van der Waals surface area contributed by atoms with Crippen LogP contribution in [0.4, 0.5) is 0 Å². The minimum Gasteiger partial charge on any atom is -0.508 e. The second-order valence-corrected chi connectivity index (χ2v) is 13.6. The molecular weight excluding hydrogens is 642 g/mol. The zero-order valence-corrected chi connectivity index (χ0v) is 29.1. The van der Waals surface area contributed by atoms with Crippen molar-refractivity contribution in [2.24, 2.45) is 0 Å². The quantitative estimate of drug-likeness (QED) is 0.245. The highest BCUT2D eigenvalue weighted by molar-refractivity contribution is 5.94. The molecule has 0 saturated carbocycles. The number of aromatic hydroxyl groups is 1. The van der Waals surface area contributed by atoms with Crippen LogP contribution in [0.1, 0.15) is 65.6 Å². The van der Waals surface area contributed by atoms with Gasteiger partial charge in [-0.15, -0.1) is 6.58 Å². The van der Waals surface area contributed by atoms with E-state index < -0.39 is 12.2 Å². The van der Waals surface area contributed by atoms with Crippen LogP contribution in [0.2, 0.25) is 0 Å². The summed E-state index contributed by atoms with van der Waals surface area (Å²) < 4.78 is 0. The van der Waals surface area contributed by atoms with Crippen molar-refractivity contribution in [3.8, 4) is 5.75 Å². The van der Waals surface area contributed by atoms with E-state index in [1.54, 1.807) is 56.2 Å². The van der Waals surface area contributed by atoms with Gasteiger partial charge >= 0.3 is 0 Å². The molecule has 3 aromatic rings. The van der Waals surface area contributed by atoms with E-state index >= 15 is 0 Å². The first kappa shape index (κ1) is 35.6. The van der Waals surface area contributed by atoms with Crippen molar-refractivity contribution in [2.75, 3.05) is 26.2 Å². The topological polar surface area (TPSA) is 114 Å². The predicted octanol–water partition coefficient (Wildman–Crippen LogP) is 5.00. The molecular formula is C41H47N5O5. The fourth-order valence-corrected chi connectivity index (χ4v) is 7.37. The minimum absolute atomic E-state index is 0.0621. The number of nitrogens with zero attached hydrogens (tertiary/aromatic N) is 4. The van der Waals surface area contributed by atoms with E-state index in [0.29, 0.717) is 18.5 Å². The molecule has 4 amide bonds. The van der Waals surface area contributed by atoms with Crippen LogP contribution in [0.5, 0.6) is 5.75 Å². The molecule has 266 valence electrons. The highest BCUT2D eigenvalue weighted by Gasteiger charge is 2.51. The van der Waals surface area contributed by atoms with Gasteiger partial charge in [0.2, 0.25) is 17.7 Å². The predicted molar refractivity (Wildman–Crippen MR) is 195 cm³/mol. The molecule has 0 radical (unpaired) electrons. The van der Waals surface area contributed by atoms with E-state index in [9.17, 15) is 24.3 Å². The molecule has 2 saturated heterocycles. The van der Waals surface area contributed by atoms with E-state index in [4.69, 9.17) is 0 Å². The summed E-state index contributed by atoms with van der Waals surface area (Å²) in [6, 6.07) is 22.8. The number of amides is 4. The molecule has 6 rings (SSSR count). The lowest BCUT2D eigenvalue weighted by Crippen LogP contribution is -2.75. The number of hydrogen-bond acceptors (Lipinski definition) is 6. The number of phenolic OH excluding ortho intramolecular Hbond substituents is 1. The Bertz CT molecular complexity index is 1760. The summed E-state index contributed by atoms with van der Waals surface area (Å²) in [5.74, 6) is -0.690. The summed E-state index contributed by atoms with van der Waals surface area (Å²) in [6.07, 6.45) is 9.65. The van der Waals surface area contributed by atoms with Crippen LogP contribution in [0, 0.1) is 0 Å². The standard InChI is InChI=1S/C41H47N5O5/c1-2-24-44-29-39(49)45-36(26-32-16-19-35(47)20-17-32)41(51)43(28-37(45)46(44)38(48)21-18-30-10-5-3-6-11-30)27-33-14-9-15-34(25-33)40(50)42-23-22-31-12-7-4-8-13-31/h2-3,5-6,9-12,14-17,19-20,25,36-37,47H,1,4,7-8,13,18,21-24,26-29H2,(H,42,50)/t36-,37-/m0/s1. The summed E-state index contributed by atoms with van der Waals surface area (Å²) in [4.78, 5) is 58.8. The average molecular weight is 690 g/mol. The van der Waals surface area contributed by atoms with Crippen molar-refractivity contribution in [1.29, 1.82) is 0 Å². The van der Waals surface area contributed by atoms with E-state index in [2.05, 4.69) is 18.0 Å². The maximum Gasteiger partial charge on any atom is 0.251 e. The number of carbonyl (C=O) groups is 4. The molecule has 1 aliphatic carbocycles. The Morgan fingerprint density at radius 2 is 1.71 bits per heavy atom. The van der Waals surface area contributed by atoms with Crippen LogP contribution in [0.15, 0.2) is 103 Å². The number of phenols is 1. The van der Waals surface area contributed by atoms with Gasteiger partial charge in [0.1, 0.15) is 18.0 Å². The van der Waals surface area contributed by atoms with E-state index in [-0.39, 0.29) is 68.4 Å². The van der Waals surface area contributed by atoms with Gasteiger partial charge in [0.25, 0.3) is 5.91 Å². The Morgan fingerprint density at radius 1 is 0.922 bits per heavy atom. The minimum atomic E-state index is -0.878. The number of carbonyl (C=O) groups excluding carboxylic acids is 4. The number of benzene rings is 3. The molecule has 10 nitrogen and oxygen atoms in total. The second-order valence-electron chi connectivity index (χ2n) is 13.6. The Labute approximate surface area is 300 Å². The van der Waals surface area contributed by atoms with Crippen LogP contribution >= 0.6 is 0 Å². The lowest BCUT2D eigenvalue weighted by atomic mass is 9.97. The van der Waals surface area contributed by atoms with Crippen molar-refractivity contribution in [1.82, 2.24) is 25.1 Å². The third-order valence-electron chi connectivity index (χ3n) is 9.94. The number of fused-ring (bicyclic) bond motifs is 1. The fraction of sp³-hybridized carbons (Fsp3) is 0.366. The summed E-state index contributed by atoms with van der Waals surface area (Å²) >= 11 is 0. The van der Waals surface area contributed by atoms with Gasteiger partial charge in [-0.2, -0.15) is 0 Å². The third-order valence-corrected chi connectivity index (χ3v) is 9.94. The number of hydrazine groups is 1. The molecule has 0 bridgehead atoms. The monoisotopic (exact) mass is 689 g/mol. The van der Waals surface area contributed by atoms with Gasteiger partial charge in [0.15, 0.2) is 0 Å². The van der Waals surface area contributed by atoms with Crippen LogP contribution < -0.4 is 5.32 Å². The summed E-state index contributed by atoms with van der Waals surface area (Å²) in [5.41, 5.74) is 4.49. The van der Waals surface area contributed by atoms with Crippen molar-refractivity contribution in [3.63, 3.8) is 0 Å². The molecule has 3 aromatic carbocycles. The maximum absolute atomic E-state index is 14.4. The Balaban J connectivity index is 1.25. The first-order valence-electron chi connectivity index (χ1n) is 18.0. The van der Waals surface area contributed by atoms with Gasteiger partial charge < -0.3 is 20.2 Å². The van der Waals surface area contributed by atoms with Crippen LogP contribution in [-0.4, -0.2) is 86.9 Å². The van der Waals surface area contributed by atoms with E-state index in [1.165, 1.54) is 18.4 Å². The summed E-state index contributed by atoms with van der Waals surface area (Å²) in [5, 5.41) is 16.3. The highest BCUT2D eigenvalue weighted by atomic mass is 16.3. The molecule has 2 N–H and O–H groups in total. The van der Waals surface area contributed by atoms with Gasteiger partial charge in [0, 0.05) is 38.0 Å². The Kier molecular flexibility index (Phi) is 11.6. The van der Waals surface area contributed by atoms with Crippen molar-refractivity contribution < 1.29 is 24.3 Å². The van der Waals surface area contributed by atoms with Gasteiger partial charge in [-0.25, -0.2) is 10.0 Å². The number of aryl methyl sites for hydroxylation is 1. The van der Waals surface area contributed by atoms with Crippen LogP contribution in [0.25, 0.3) is 0 Å². The summed E-state index contributed by atoms with van der Waals surface area (Å²) in [7, 11) is 0. The van der Waals surface area contributed by atoms with Gasteiger partial charge in [0.05, 0.1) is 13.1 Å². The molecule has 2 aliphatic heterocycles. The van der Waals surface area contributed by atoms with Crippen molar-refractivity contribution in [2.45, 2.75) is 70.1 Å². The molecule has 2 atom stereocenters. The zero-order valence-electron chi connectivity index (χ0n) is 29.1. The van der Waals surface area contributed by atoms with Crippen LogP contribution in [0.3, 0.4) is 0 Å². The normalized spacial score (nSPS) is 19.4. The largest absolute Gasteiger partial charge is 0.508 e. The number of rotatable bonds is 13. The second kappa shape index (κ2) is 16.7. The number of hydrogen-bond donors (Lipinski definition) is 2. The zero-order chi connectivity index (χ0) is 35.7. The summed E-state index contributed by atoms with van der Waals surface area (Å²) in [6.45, 7) is 4.97. The van der Waals surface area contributed by atoms with Gasteiger partial charge in [-0.1, -0.05) is 72.3 Å². The van der Waals surface area contributed by atoms with Crippen molar-refractivity contribution >= 4 is 23.6 Å². The molecule has 3 aliphatic rings. The van der Waals surface area contributed by atoms with Crippen molar-refractivity contribution in [3.05, 3.63) is 125 Å². The van der Waals surface area contributed by atoms with E-state index in [0.717, 1.165) is 36.0 Å². The average Bonchev–Trinajstić information content (AvgIpc) is 3.14. The molecule has 51 heavy (non-hydrogen) atoms. The molecule has 0 unspecified atom stereocenters. The molecule has 2 fully saturated rings. The number of allylic oxidation sites excluding steroid dienone is 1. The smallest absolute Gasteiger partial charge is 0.251 e. The Morgan fingerprint density at radius 3 is 2.45 bits per heavy atom. The fourth-order valence-electron chi connectivity index (χ4n) is 7.37. The molecule has 0 spiro atoms. The number of nitrogens with one attached hydrogen (secondary N) is 1. The highest BCUT2D eigenvalue weighted by Crippen LogP contribution is 2.30. The lowest BCUT2D eigenvalue weighted by molar-refractivity contribution is -0.205. The molecule has 0 aromatic heterocycles. The Hall–Kier alpha value is -5.22. The van der Waals surface area contributed by atoms with E-state index in [1.807, 2.05) is 48.5 Å². The van der Waals surface area contributed by atoms with Gasteiger partial charge in [-0.05, 0) is 79.5 Å². The van der Waals surface area contributed by atoms with Crippen LogP contribution in [-0.2, 0) is 33.8 Å². The van der Waals surface area contributed by atoms with Gasteiger partial charge in [-0.3, -0.25) is 19.2 Å². The maximum atomic E-state index is 14.4. The lowest BCUT2D eigenvalue weighted by Gasteiger charge is -2.55. The number of piperazine rings is 1. The third kappa shape index (κ3) is 8.75. The SMILES string of the molecule is C=CCN1CC(=O)N2[C@@H](Cc3ccc(O)cc3)C(=O)N(Cc3cccc(C(=O)NCCC4=CCCCC4)c3)C[C@@H]2N1C(=O)CCc1ccccc1.